The highest BCUT2D eigenvalue weighted by atomic mass is 35.5. The zero-order chi connectivity index (χ0) is 15.3. The molecule has 4 rings (SSSR count). The first-order valence-corrected chi connectivity index (χ1v) is 8.52. The number of benzene rings is 2. The molecule has 0 bridgehead atoms. The van der Waals surface area contributed by atoms with Gasteiger partial charge in [-0.15, -0.1) is 0 Å². The molecule has 0 aliphatic heterocycles. The standard InChI is InChI=1S/C19H16Cl2O/c20-13-5-7-15(17(9-13)11-1-2-11)19(22)16-8-6-14(21)10-18(16)12-3-4-12/h5-12H,1-4H2. The SMILES string of the molecule is O=C(c1ccc(Cl)cc1C1CC1)c1ccc(Cl)cc1C1CC1. The molecule has 2 aromatic carbocycles. The first-order chi connectivity index (χ1) is 10.6. The molecular weight excluding hydrogens is 315 g/mol. The lowest BCUT2D eigenvalue weighted by Gasteiger charge is -2.12. The fourth-order valence-electron chi connectivity index (χ4n) is 3.09. The molecule has 0 amide bonds. The molecule has 2 saturated carbocycles. The van der Waals surface area contributed by atoms with Gasteiger partial charge in [0.1, 0.15) is 0 Å². The predicted octanol–water partition coefficient (Wildman–Crippen LogP) is 5.98. The fourth-order valence-corrected chi connectivity index (χ4v) is 3.45. The third kappa shape index (κ3) is 2.68. The number of halogens is 2. The lowest BCUT2D eigenvalue weighted by molar-refractivity contribution is 0.103. The highest BCUT2D eigenvalue weighted by Crippen LogP contribution is 2.45. The van der Waals surface area contributed by atoms with Gasteiger partial charge in [0.05, 0.1) is 0 Å². The number of hydrogen-bond acceptors (Lipinski definition) is 1. The second-order valence-corrected chi connectivity index (χ2v) is 7.21. The van der Waals surface area contributed by atoms with E-state index in [2.05, 4.69) is 0 Å². The average molecular weight is 331 g/mol. The quantitative estimate of drug-likeness (QED) is 0.630. The third-order valence-electron chi connectivity index (χ3n) is 4.55. The van der Waals surface area contributed by atoms with Crippen molar-refractivity contribution in [1.29, 1.82) is 0 Å². The van der Waals surface area contributed by atoms with Gasteiger partial charge in [-0.1, -0.05) is 23.2 Å². The average Bonchev–Trinajstić information content (AvgIpc) is 3.40. The Bertz CT molecular complexity index is 695. The highest BCUT2D eigenvalue weighted by Gasteiger charge is 2.32. The molecule has 0 heterocycles. The molecule has 2 aliphatic rings. The highest BCUT2D eigenvalue weighted by molar-refractivity contribution is 6.31. The lowest BCUT2D eigenvalue weighted by atomic mass is 9.92. The summed E-state index contributed by atoms with van der Waals surface area (Å²) < 4.78 is 0. The molecule has 2 fully saturated rings. The summed E-state index contributed by atoms with van der Waals surface area (Å²) in [6, 6.07) is 11.3. The molecule has 2 aliphatic carbocycles. The smallest absolute Gasteiger partial charge is 0.193 e. The molecule has 3 heteroatoms. The normalized spacial score (nSPS) is 17.5. The number of hydrogen-bond donors (Lipinski definition) is 0. The van der Waals surface area contributed by atoms with Gasteiger partial charge in [-0.05, 0) is 85.0 Å². The summed E-state index contributed by atoms with van der Waals surface area (Å²) in [6.07, 6.45) is 4.60. The van der Waals surface area contributed by atoms with E-state index in [1.54, 1.807) is 0 Å². The minimum atomic E-state index is 0.108. The summed E-state index contributed by atoms with van der Waals surface area (Å²) in [5.41, 5.74) is 3.82. The maximum absolute atomic E-state index is 13.1. The molecule has 0 aromatic heterocycles. The van der Waals surface area contributed by atoms with Crippen LogP contribution in [-0.2, 0) is 0 Å². The van der Waals surface area contributed by atoms with E-state index in [1.807, 2.05) is 36.4 Å². The van der Waals surface area contributed by atoms with Gasteiger partial charge in [-0.25, -0.2) is 0 Å². The van der Waals surface area contributed by atoms with E-state index in [4.69, 9.17) is 23.2 Å². The number of ketones is 1. The van der Waals surface area contributed by atoms with Crippen molar-refractivity contribution in [3.05, 3.63) is 68.7 Å². The fraction of sp³-hybridized carbons (Fsp3) is 0.316. The van der Waals surface area contributed by atoms with Crippen molar-refractivity contribution in [2.45, 2.75) is 37.5 Å². The summed E-state index contributed by atoms with van der Waals surface area (Å²) in [6.45, 7) is 0. The van der Waals surface area contributed by atoms with Gasteiger partial charge >= 0.3 is 0 Å². The Morgan fingerprint density at radius 2 is 1.18 bits per heavy atom. The second-order valence-electron chi connectivity index (χ2n) is 6.34. The Morgan fingerprint density at radius 3 is 1.55 bits per heavy atom. The molecule has 0 saturated heterocycles. The summed E-state index contributed by atoms with van der Waals surface area (Å²) in [7, 11) is 0. The predicted molar refractivity (Wildman–Crippen MR) is 90.3 cm³/mol. The largest absolute Gasteiger partial charge is 0.289 e. The van der Waals surface area contributed by atoms with Gasteiger partial charge in [-0.2, -0.15) is 0 Å². The van der Waals surface area contributed by atoms with Crippen LogP contribution in [-0.4, -0.2) is 5.78 Å². The first kappa shape index (κ1) is 14.3. The molecule has 22 heavy (non-hydrogen) atoms. The number of carbonyl (C=O) groups excluding carboxylic acids is 1. The topological polar surface area (TPSA) is 17.1 Å². The lowest BCUT2D eigenvalue weighted by Crippen LogP contribution is -2.08. The number of rotatable bonds is 4. The van der Waals surface area contributed by atoms with Gasteiger partial charge in [0.25, 0.3) is 0 Å². The molecule has 0 atom stereocenters. The molecule has 112 valence electrons. The summed E-state index contributed by atoms with van der Waals surface area (Å²) in [4.78, 5) is 13.1. The minimum Gasteiger partial charge on any atom is -0.289 e. The Kier molecular flexibility index (Phi) is 3.51. The summed E-state index contributed by atoms with van der Waals surface area (Å²) >= 11 is 12.2. The summed E-state index contributed by atoms with van der Waals surface area (Å²) in [5, 5.41) is 1.41. The van der Waals surface area contributed by atoms with Crippen molar-refractivity contribution >= 4 is 29.0 Å². The van der Waals surface area contributed by atoms with Crippen molar-refractivity contribution in [3.8, 4) is 0 Å². The van der Waals surface area contributed by atoms with Crippen LogP contribution in [0.4, 0.5) is 0 Å². The van der Waals surface area contributed by atoms with Crippen LogP contribution in [0.25, 0.3) is 0 Å². The monoisotopic (exact) mass is 330 g/mol. The van der Waals surface area contributed by atoms with Crippen LogP contribution in [0.15, 0.2) is 36.4 Å². The van der Waals surface area contributed by atoms with Crippen LogP contribution in [0, 0.1) is 0 Å². The van der Waals surface area contributed by atoms with Crippen molar-refractivity contribution in [1.82, 2.24) is 0 Å². The zero-order valence-corrected chi connectivity index (χ0v) is 13.6. The van der Waals surface area contributed by atoms with E-state index in [9.17, 15) is 4.79 Å². The van der Waals surface area contributed by atoms with E-state index in [-0.39, 0.29) is 5.78 Å². The minimum absolute atomic E-state index is 0.108. The van der Waals surface area contributed by atoms with Crippen LogP contribution in [0.2, 0.25) is 10.0 Å². The maximum atomic E-state index is 13.1. The van der Waals surface area contributed by atoms with Crippen molar-refractivity contribution in [2.24, 2.45) is 0 Å². The molecular formula is C19H16Cl2O. The molecule has 0 N–H and O–H groups in total. The van der Waals surface area contributed by atoms with Crippen molar-refractivity contribution in [2.75, 3.05) is 0 Å². The molecule has 0 spiro atoms. The van der Waals surface area contributed by atoms with Crippen molar-refractivity contribution in [3.63, 3.8) is 0 Å². The van der Waals surface area contributed by atoms with E-state index in [0.717, 1.165) is 47.9 Å². The Balaban J connectivity index is 1.79. The van der Waals surface area contributed by atoms with Gasteiger partial charge in [0.15, 0.2) is 5.78 Å². The first-order valence-electron chi connectivity index (χ1n) is 7.77. The Morgan fingerprint density at radius 1 is 0.773 bits per heavy atom. The molecule has 1 nitrogen and oxygen atoms in total. The maximum Gasteiger partial charge on any atom is 0.193 e. The molecule has 0 radical (unpaired) electrons. The Labute approximate surface area is 140 Å². The summed E-state index contributed by atoms with van der Waals surface area (Å²) in [5.74, 6) is 1.10. The van der Waals surface area contributed by atoms with Crippen LogP contribution in [0.3, 0.4) is 0 Å². The van der Waals surface area contributed by atoms with E-state index in [0.29, 0.717) is 21.9 Å². The van der Waals surface area contributed by atoms with Gasteiger partial charge in [0.2, 0.25) is 0 Å². The van der Waals surface area contributed by atoms with Gasteiger partial charge in [-0.3, -0.25) is 4.79 Å². The van der Waals surface area contributed by atoms with Crippen LogP contribution in [0.5, 0.6) is 0 Å². The third-order valence-corrected chi connectivity index (χ3v) is 5.02. The van der Waals surface area contributed by atoms with E-state index in [1.165, 1.54) is 0 Å². The van der Waals surface area contributed by atoms with Gasteiger partial charge < -0.3 is 0 Å². The second kappa shape index (κ2) is 5.40. The van der Waals surface area contributed by atoms with Crippen LogP contribution >= 0.6 is 23.2 Å². The van der Waals surface area contributed by atoms with Crippen LogP contribution in [0.1, 0.15) is 64.6 Å². The van der Waals surface area contributed by atoms with Crippen LogP contribution < -0.4 is 0 Å². The number of carbonyl (C=O) groups is 1. The zero-order valence-electron chi connectivity index (χ0n) is 12.1. The molecule has 2 aromatic rings. The van der Waals surface area contributed by atoms with Crippen molar-refractivity contribution < 1.29 is 4.79 Å². The van der Waals surface area contributed by atoms with Gasteiger partial charge in [0, 0.05) is 21.2 Å². The molecule has 0 unspecified atom stereocenters. The van der Waals surface area contributed by atoms with E-state index < -0.39 is 0 Å². The van der Waals surface area contributed by atoms with E-state index >= 15 is 0 Å². The Hall–Kier alpha value is -1.31.